The van der Waals surface area contributed by atoms with E-state index in [1.807, 2.05) is 18.7 Å². The predicted octanol–water partition coefficient (Wildman–Crippen LogP) is -0.949. The van der Waals surface area contributed by atoms with Crippen LogP contribution in [0.2, 0.25) is 0 Å². The molecule has 18 heavy (non-hydrogen) atoms. The van der Waals surface area contributed by atoms with Crippen LogP contribution in [0.25, 0.3) is 0 Å². The number of hydrogen-bond acceptors (Lipinski definition) is 4. The van der Waals surface area contributed by atoms with Gasteiger partial charge in [0.25, 0.3) is 0 Å². The summed E-state index contributed by atoms with van der Waals surface area (Å²) in [4.78, 5) is 18.1. The SMILES string of the molecule is CCC1C(=O)NCCN1C(=NC(C)COC)NN. The highest BCUT2D eigenvalue weighted by Crippen LogP contribution is 2.09. The number of methoxy groups -OCH3 is 1. The Morgan fingerprint density at radius 1 is 1.78 bits per heavy atom. The van der Waals surface area contributed by atoms with Crippen LogP contribution in [-0.4, -0.2) is 55.7 Å². The number of rotatable bonds is 4. The Balaban J connectivity index is 2.81. The molecule has 1 amide bonds. The third kappa shape index (κ3) is 3.58. The molecule has 104 valence electrons. The maximum absolute atomic E-state index is 11.8. The van der Waals surface area contributed by atoms with Crippen LogP contribution in [-0.2, 0) is 9.53 Å². The molecule has 2 atom stereocenters. The van der Waals surface area contributed by atoms with Gasteiger partial charge >= 0.3 is 0 Å². The summed E-state index contributed by atoms with van der Waals surface area (Å²) in [6.07, 6.45) is 0.713. The normalized spacial score (nSPS) is 22.7. The monoisotopic (exact) mass is 257 g/mol. The van der Waals surface area contributed by atoms with Gasteiger partial charge in [-0.25, -0.2) is 10.8 Å². The third-order valence-corrected chi connectivity index (χ3v) is 2.87. The van der Waals surface area contributed by atoms with E-state index in [2.05, 4.69) is 15.7 Å². The molecular weight excluding hydrogens is 234 g/mol. The molecule has 1 aliphatic heterocycles. The molecule has 1 aliphatic rings. The summed E-state index contributed by atoms with van der Waals surface area (Å²) in [7, 11) is 1.63. The fourth-order valence-electron chi connectivity index (χ4n) is 2.06. The molecule has 7 nitrogen and oxygen atoms in total. The average Bonchev–Trinajstić information content (AvgIpc) is 2.36. The van der Waals surface area contributed by atoms with Crippen LogP contribution in [0, 0.1) is 0 Å². The first-order valence-electron chi connectivity index (χ1n) is 6.21. The second-order valence-corrected chi connectivity index (χ2v) is 4.31. The molecule has 1 saturated heterocycles. The predicted molar refractivity (Wildman–Crippen MR) is 69.9 cm³/mol. The molecule has 1 rings (SSSR count). The van der Waals surface area contributed by atoms with Gasteiger partial charge in [0.2, 0.25) is 11.9 Å². The van der Waals surface area contributed by atoms with Gasteiger partial charge in [-0.15, -0.1) is 0 Å². The van der Waals surface area contributed by atoms with E-state index in [4.69, 9.17) is 10.6 Å². The topological polar surface area (TPSA) is 92.0 Å². The number of nitrogens with zero attached hydrogens (tertiary/aromatic N) is 2. The minimum absolute atomic E-state index is 0.0106. The average molecular weight is 257 g/mol. The van der Waals surface area contributed by atoms with Gasteiger partial charge in [-0.1, -0.05) is 6.92 Å². The van der Waals surface area contributed by atoms with Crippen molar-refractivity contribution < 1.29 is 9.53 Å². The van der Waals surface area contributed by atoms with Crippen molar-refractivity contribution in [1.82, 2.24) is 15.6 Å². The lowest BCUT2D eigenvalue weighted by Crippen LogP contribution is -2.60. The Morgan fingerprint density at radius 3 is 3.06 bits per heavy atom. The van der Waals surface area contributed by atoms with Crippen molar-refractivity contribution in [2.24, 2.45) is 10.8 Å². The van der Waals surface area contributed by atoms with Crippen LogP contribution in [0.3, 0.4) is 0 Å². The van der Waals surface area contributed by atoms with Crippen molar-refractivity contribution >= 4 is 11.9 Å². The van der Waals surface area contributed by atoms with E-state index in [0.717, 1.165) is 0 Å². The van der Waals surface area contributed by atoms with Crippen LogP contribution >= 0.6 is 0 Å². The smallest absolute Gasteiger partial charge is 0.242 e. The van der Waals surface area contributed by atoms with Crippen LogP contribution in [0.15, 0.2) is 4.99 Å². The second kappa shape index (κ2) is 7.17. The summed E-state index contributed by atoms with van der Waals surface area (Å²) < 4.78 is 5.04. The fraction of sp³-hybridized carbons (Fsp3) is 0.818. The molecule has 0 saturated carbocycles. The van der Waals surface area contributed by atoms with Crippen molar-refractivity contribution in [2.75, 3.05) is 26.8 Å². The van der Waals surface area contributed by atoms with Crippen molar-refractivity contribution in [3.63, 3.8) is 0 Å². The van der Waals surface area contributed by atoms with Gasteiger partial charge in [0.1, 0.15) is 6.04 Å². The first-order chi connectivity index (χ1) is 8.63. The maximum atomic E-state index is 11.8. The highest BCUT2D eigenvalue weighted by atomic mass is 16.5. The Labute approximate surface area is 108 Å². The first kappa shape index (κ1) is 14.7. The van der Waals surface area contributed by atoms with Crippen LogP contribution in [0.5, 0.6) is 0 Å². The number of piperazine rings is 1. The number of aliphatic imine (C=N–C) groups is 1. The minimum Gasteiger partial charge on any atom is -0.382 e. The molecule has 4 N–H and O–H groups in total. The number of nitrogens with one attached hydrogen (secondary N) is 2. The largest absolute Gasteiger partial charge is 0.382 e. The molecule has 0 aromatic rings. The lowest BCUT2D eigenvalue weighted by Gasteiger charge is -2.36. The van der Waals surface area contributed by atoms with Crippen molar-refractivity contribution in [1.29, 1.82) is 0 Å². The van der Waals surface area contributed by atoms with Crippen LogP contribution < -0.4 is 16.6 Å². The molecule has 0 aromatic heterocycles. The Kier molecular flexibility index (Phi) is 5.87. The number of ether oxygens (including phenoxy) is 1. The number of nitrogens with two attached hydrogens (primary N) is 1. The molecular formula is C11H23N5O2. The molecule has 1 fully saturated rings. The minimum atomic E-state index is -0.219. The summed E-state index contributed by atoms with van der Waals surface area (Å²) in [5.74, 6) is 6.08. The molecule has 0 spiro atoms. The number of hydrogen-bond donors (Lipinski definition) is 3. The lowest BCUT2D eigenvalue weighted by molar-refractivity contribution is -0.127. The summed E-state index contributed by atoms with van der Waals surface area (Å²) in [6.45, 7) is 5.73. The van der Waals surface area contributed by atoms with E-state index in [-0.39, 0.29) is 18.0 Å². The molecule has 0 radical (unpaired) electrons. The quantitative estimate of drug-likeness (QED) is 0.261. The van der Waals surface area contributed by atoms with Crippen molar-refractivity contribution in [3.05, 3.63) is 0 Å². The molecule has 0 bridgehead atoms. The lowest BCUT2D eigenvalue weighted by atomic mass is 10.1. The van der Waals surface area contributed by atoms with Gasteiger partial charge in [-0.3, -0.25) is 10.2 Å². The second-order valence-electron chi connectivity index (χ2n) is 4.31. The van der Waals surface area contributed by atoms with Gasteiger partial charge in [-0.2, -0.15) is 0 Å². The number of hydrazine groups is 1. The van der Waals surface area contributed by atoms with E-state index in [1.54, 1.807) is 7.11 Å². The van der Waals surface area contributed by atoms with E-state index in [0.29, 0.717) is 32.1 Å². The molecule has 0 aromatic carbocycles. The highest BCUT2D eigenvalue weighted by Gasteiger charge is 2.30. The van der Waals surface area contributed by atoms with E-state index in [9.17, 15) is 4.79 Å². The molecule has 0 aliphatic carbocycles. The molecule has 7 heteroatoms. The van der Waals surface area contributed by atoms with Gasteiger partial charge in [0, 0.05) is 20.2 Å². The highest BCUT2D eigenvalue weighted by molar-refractivity contribution is 5.89. The summed E-state index contributed by atoms with van der Waals surface area (Å²) in [5.41, 5.74) is 2.59. The summed E-state index contributed by atoms with van der Waals surface area (Å²) in [6, 6.07) is -0.230. The number of carbonyl (C=O) groups excluding carboxylic acids is 1. The fourth-order valence-corrected chi connectivity index (χ4v) is 2.06. The van der Waals surface area contributed by atoms with Gasteiger partial charge < -0.3 is 15.0 Å². The van der Waals surface area contributed by atoms with Crippen molar-refractivity contribution in [2.45, 2.75) is 32.4 Å². The summed E-state index contributed by atoms with van der Waals surface area (Å²) >= 11 is 0. The van der Waals surface area contributed by atoms with Crippen LogP contribution in [0.4, 0.5) is 0 Å². The summed E-state index contributed by atoms with van der Waals surface area (Å²) in [5, 5.41) is 2.84. The standard InChI is InChI=1S/C11H23N5O2/c1-4-9-10(17)13-5-6-16(9)11(15-12)14-8(2)7-18-3/h8-9H,4-7,12H2,1-3H3,(H,13,17)(H,14,15). The Morgan fingerprint density at radius 2 is 2.50 bits per heavy atom. The van der Waals surface area contributed by atoms with Gasteiger partial charge in [0.15, 0.2) is 0 Å². The Hall–Kier alpha value is -1.34. The molecule has 2 unspecified atom stereocenters. The zero-order valence-corrected chi connectivity index (χ0v) is 11.3. The zero-order valence-electron chi connectivity index (χ0n) is 11.3. The molecule has 1 heterocycles. The van der Waals surface area contributed by atoms with Crippen molar-refractivity contribution in [3.8, 4) is 0 Å². The maximum Gasteiger partial charge on any atom is 0.242 e. The number of carbonyl (C=O) groups is 1. The zero-order chi connectivity index (χ0) is 13.5. The van der Waals surface area contributed by atoms with E-state index in [1.165, 1.54) is 0 Å². The first-order valence-corrected chi connectivity index (χ1v) is 6.21. The van der Waals surface area contributed by atoms with E-state index >= 15 is 0 Å². The number of guanidine groups is 1. The Bertz CT molecular complexity index is 308. The third-order valence-electron chi connectivity index (χ3n) is 2.87. The van der Waals surface area contributed by atoms with Gasteiger partial charge in [0.05, 0.1) is 12.6 Å². The number of amides is 1. The van der Waals surface area contributed by atoms with Crippen LogP contribution in [0.1, 0.15) is 20.3 Å². The van der Waals surface area contributed by atoms with Gasteiger partial charge in [-0.05, 0) is 13.3 Å². The van der Waals surface area contributed by atoms with E-state index < -0.39 is 0 Å².